The molecule has 45 valence electrons. The third kappa shape index (κ3) is 3.02. The summed E-state index contributed by atoms with van der Waals surface area (Å²) < 4.78 is 0. The van der Waals surface area contributed by atoms with Gasteiger partial charge < -0.3 is 0 Å². The van der Waals surface area contributed by atoms with Gasteiger partial charge in [-0.3, -0.25) is 5.10 Å². The summed E-state index contributed by atoms with van der Waals surface area (Å²) in [6, 6.07) is 3.68. The van der Waals surface area contributed by atoms with E-state index in [-0.39, 0.29) is 32.7 Å². The number of hydrogen-bond acceptors (Lipinski definition) is 2. The summed E-state index contributed by atoms with van der Waals surface area (Å²) in [7, 11) is 0. The molecule has 0 aliphatic heterocycles. The van der Waals surface area contributed by atoms with Crippen LogP contribution in [0.5, 0.6) is 0 Å². The smallest absolute Gasteiger partial charge is 0 e. The average Bonchev–Trinajstić information content (AvgIpc) is 1.90. The topological polar surface area (TPSA) is 25.8 Å². The first-order valence-corrected chi connectivity index (χ1v) is 2.62. The molecule has 0 aliphatic rings. The maximum atomic E-state index is 3.79. The summed E-state index contributed by atoms with van der Waals surface area (Å²) in [6.07, 6.45) is 3.55. The van der Waals surface area contributed by atoms with Crippen molar-refractivity contribution in [1.29, 1.82) is 0 Å². The molecule has 0 saturated carbocycles. The first kappa shape index (κ1) is 9.18. The summed E-state index contributed by atoms with van der Waals surface area (Å²) in [5.74, 6) is 0. The third-order valence-electron chi connectivity index (χ3n) is 0.949. The van der Waals surface area contributed by atoms with Gasteiger partial charge in [-0.25, -0.2) is 6.07 Å². The van der Waals surface area contributed by atoms with Gasteiger partial charge in [0, 0.05) is 32.7 Å². The molecule has 0 amide bonds. The van der Waals surface area contributed by atoms with Crippen molar-refractivity contribution in [2.75, 3.05) is 0 Å². The standard InChI is InChI=1S/C6H7N2.Y/c1-2-6-4-3-5-7-8-6;/h3-4H,2H2,1H3;/q-1;. The minimum Gasteiger partial charge on any atom is -0.268 e. The number of hydrogen-bond donors (Lipinski definition) is 0. The Morgan fingerprint density at radius 1 is 1.67 bits per heavy atom. The number of rotatable bonds is 1. The van der Waals surface area contributed by atoms with E-state index in [0.717, 1.165) is 12.1 Å². The SMILES string of the molecule is CCc1cc[c-]nn1.[Y]. The summed E-state index contributed by atoms with van der Waals surface area (Å²) in [4.78, 5) is 0. The molecule has 0 aromatic carbocycles. The fourth-order valence-corrected chi connectivity index (χ4v) is 0.482. The molecule has 3 heteroatoms. The first-order valence-electron chi connectivity index (χ1n) is 2.62. The predicted molar refractivity (Wildman–Crippen MR) is 30.2 cm³/mol. The van der Waals surface area contributed by atoms with E-state index in [0.29, 0.717) is 0 Å². The maximum Gasteiger partial charge on any atom is 0 e. The van der Waals surface area contributed by atoms with E-state index in [1.165, 1.54) is 0 Å². The zero-order valence-electron chi connectivity index (χ0n) is 5.33. The Morgan fingerprint density at radius 3 is 2.78 bits per heavy atom. The van der Waals surface area contributed by atoms with Gasteiger partial charge in [0.15, 0.2) is 0 Å². The quantitative estimate of drug-likeness (QED) is 0.622. The number of aromatic nitrogens is 2. The maximum absolute atomic E-state index is 3.79. The van der Waals surface area contributed by atoms with Crippen molar-refractivity contribution < 1.29 is 32.7 Å². The van der Waals surface area contributed by atoms with E-state index in [1.54, 1.807) is 6.07 Å². The average molecular weight is 196 g/mol. The predicted octanol–water partition coefficient (Wildman–Crippen LogP) is 0.837. The Labute approximate surface area is 80.0 Å². The third-order valence-corrected chi connectivity index (χ3v) is 0.949. The van der Waals surface area contributed by atoms with Gasteiger partial charge in [-0.05, 0) is 12.1 Å². The molecule has 9 heavy (non-hydrogen) atoms. The summed E-state index contributed by atoms with van der Waals surface area (Å²) in [5, 5.41) is 7.37. The Hall–Kier alpha value is 0.184. The van der Waals surface area contributed by atoms with E-state index in [4.69, 9.17) is 0 Å². The zero-order valence-corrected chi connectivity index (χ0v) is 8.17. The second-order valence-electron chi connectivity index (χ2n) is 1.51. The van der Waals surface area contributed by atoms with E-state index in [9.17, 15) is 0 Å². The second-order valence-corrected chi connectivity index (χ2v) is 1.51. The van der Waals surface area contributed by atoms with Gasteiger partial charge in [-0.2, -0.15) is 11.2 Å². The van der Waals surface area contributed by atoms with Crippen LogP contribution in [0.3, 0.4) is 0 Å². The van der Waals surface area contributed by atoms with Crippen LogP contribution in [0.25, 0.3) is 0 Å². The molecule has 0 spiro atoms. The molecule has 0 unspecified atom stereocenters. The number of aryl methyl sites for hydroxylation is 1. The van der Waals surface area contributed by atoms with Crippen molar-refractivity contribution in [3.63, 3.8) is 0 Å². The van der Waals surface area contributed by atoms with Crippen molar-refractivity contribution in [1.82, 2.24) is 10.2 Å². The monoisotopic (exact) mass is 196 g/mol. The molecule has 1 aromatic heterocycles. The van der Waals surface area contributed by atoms with Crippen molar-refractivity contribution in [2.24, 2.45) is 0 Å². The summed E-state index contributed by atoms with van der Waals surface area (Å²) >= 11 is 0. The van der Waals surface area contributed by atoms with Gasteiger partial charge in [-0.15, -0.1) is 6.20 Å². The zero-order chi connectivity index (χ0) is 5.82. The van der Waals surface area contributed by atoms with Crippen molar-refractivity contribution >= 4 is 0 Å². The van der Waals surface area contributed by atoms with Crippen molar-refractivity contribution in [2.45, 2.75) is 13.3 Å². The molecule has 0 N–H and O–H groups in total. The van der Waals surface area contributed by atoms with Crippen LogP contribution in [0.4, 0.5) is 0 Å². The van der Waals surface area contributed by atoms with Crippen LogP contribution >= 0.6 is 0 Å². The van der Waals surface area contributed by atoms with Crippen LogP contribution < -0.4 is 0 Å². The van der Waals surface area contributed by atoms with Crippen LogP contribution in [0.2, 0.25) is 0 Å². The molecule has 0 fully saturated rings. The molecule has 0 aliphatic carbocycles. The largest absolute Gasteiger partial charge is 0.268 e. The molecule has 0 bridgehead atoms. The molecular weight excluding hydrogens is 189 g/mol. The van der Waals surface area contributed by atoms with Gasteiger partial charge in [-0.1, -0.05) is 6.92 Å². The fourth-order valence-electron chi connectivity index (χ4n) is 0.482. The first-order chi connectivity index (χ1) is 3.93. The second kappa shape index (κ2) is 5.01. The molecule has 0 saturated heterocycles. The Kier molecular flexibility index (Phi) is 5.11. The summed E-state index contributed by atoms with van der Waals surface area (Å²) in [5.41, 5.74) is 1.02. The van der Waals surface area contributed by atoms with Crippen molar-refractivity contribution in [3.05, 3.63) is 24.0 Å². The Balaban J connectivity index is 0.000000640. The van der Waals surface area contributed by atoms with Crippen LogP contribution in [0.15, 0.2) is 12.1 Å². The Bertz CT molecular complexity index is 152. The van der Waals surface area contributed by atoms with Crippen LogP contribution in [0, 0.1) is 6.20 Å². The molecule has 0 atom stereocenters. The molecule has 1 aromatic rings. The number of nitrogens with zero attached hydrogens (tertiary/aromatic N) is 2. The molecule has 1 rings (SSSR count). The molecular formula is C6H7N2Y-. The Morgan fingerprint density at radius 2 is 2.44 bits per heavy atom. The molecule has 1 radical (unpaired) electrons. The van der Waals surface area contributed by atoms with E-state index in [1.807, 2.05) is 13.0 Å². The van der Waals surface area contributed by atoms with E-state index < -0.39 is 0 Å². The van der Waals surface area contributed by atoms with Crippen LogP contribution in [0.1, 0.15) is 12.6 Å². The van der Waals surface area contributed by atoms with E-state index in [2.05, 4.69) is 16.4 Å². The minimum absolute atomic E-state index is 0. The van der Waals surface area contributed by atoms with Gasteiger partial charge in [0.2, 0.25) is 0 Å². The minimum atomic E-state index is 0. The van der Waals surface area contributed by atoms with Gasteiger partial charge in [0.05, 0.1) is 0 Å². The van der Waals surface area contributed by atoms with Crippen molar-refractivity contribution in [3.8, 4) is 0 Å². The van der Waals surface area contributed by atoms with E-state index >= 15 is 0 Å². The van der Waals surface area contributed by atoms with Gasteiger partial charge >= 0.3 is 0 Å². The fraction of sp³-hybridized carbons (Fsp3) is 0.333. The molecule has 1 heterocycles. The van der Waals surface area contributed by atoms with Gasteiger partial charge in [0.25, 0.3) is 0 Å². The van der Waals surface area contributed by atoms with Crippen LogP contribution in [-0.2, 0) is 39.1 Å². The summed E-state index contributed by atoms with van der Waals surface area (Å²) in [6.45, 7) is 2.05. The normalized spacial score (nSPS) is 8.11. The van der Waals surface area contributed by atoms with Gasteiger partial charge in [0.1, 0.15) is 0 Å². The molecule has 2 nitrogen and oxygen atoms in total. The van der Waals surface area contributed by atoms with Crippen LogP contribution in [-0.4, -0.2) is 10.2 Å².